The first-order valence-corrected chi connectivity index (χ1v) is 8.92. The van der Waals surface area contributed by atoms with E-state index in [1.54, 1.807) is 12.1 Å². The topological polar surface area (TPSA) is 52.3 Å². The highest BCUT2D eigenvalue weighted by molar-refractivity contribution is 5.97. The normalized spacial score (nSPS) is 13.8. The van der Waals surface area contributed by atoms with Crippen LogP contribution in [-0.4, -0.2) is 25.2 Å². The van der Waals surface area contributed by atoms with Gasteiger partial charge in [-0.25, -0.2) is 0 Å². The summed E-state index contributed by atoms with van der Waals surface area (Å²) in [6.45, 7) is 1.64. The first-order valence-electron chi connectivity index (χ1n) is 8.92. The summed E-state index contributed by atoms with van der Waals surface area (Å²) < 4.78 is 58.7. The van der Waals surface area contributed by atoms with Crippen molar-refractivity contribution in [2.45, 2.75) is 37.9 Å². The number of halogens is 4. The van der Waals surface area contributed by atoms with Crippen molar-refractivity contribution < 1.29 is 27.1 Å². The van der Waals surface area contributed by atoms with Crippen LogP contribution in [0.2, 0.25) is 0 Å². The van der Waals surface area contributed by atoms with Crippen molar-refractivity contribution in [2.24, 2.45) is 5.73 Å². The van der Waals surface area contributed by atoms with E-state index in [0.717, 1.165) is 5.56 Å². The predicted molar refractivity (Wildman–Crippen MR) is 99.2 cm³/mol. The molecule has 0 saturated heterocycles. The Morgan fingerprint density at radius 3 is 2.14 bits per heavy atom. The van der Waals surface area contributed by atoms with Gasteiger partial charge in [-0.1, -0.05) is 42.0 Å². The lowest BCUT2D eigenvalue weighted by molar-refractivity contribution is -0.188. The molecule has 1 atom stereocenters. The number of alkyl halides is 4. The Bertz CT molecular complexity index is 772. The van der Waals surface area contributed by atoms with E-state index in [2.05, 4.69) is 0 Å². The molecule has 0 aliphatic rings. The van der Waals surface area contributed by atoms with Gasteiger partial charge in [-0.2, -0.15) is 13.2 Å². The zero-order valence-electron chi connectivity index (χ0n) is 15.6. The van der Waals surface area contributed by atoms with E-state index in [-0.39, 0.29) is 17.7 Å². The van der Waals surface area contributed by atoms with Gasteiger partial charge in [-0.05, 0) is 37.5 Å². The van der Waals surface area contributed by atoms with Crippen molar-refractivity contribution >= 4 is 5.78 Å². The molecule has 2 aromatic carbocycles. The number of rotatable bonds is 9. The number of aryl methyl sites for hydroxylation is 1. The minimum atomic E-state index is -4.82. The maximum atomic E-state index is 13.8. The minimum Gasteiger partial charge on any atom is -0.494 e. The molecule has 0 heterocycles. The first kappa shape index (κ1) is 21.9. The van der Waals surface area contributed by atoms with E-state index in [1.807, 2.05) is 6.92 Å². The van der Waals surface area contributed by atoms with Crippen LogP contribution in [0.5, 0.6) is 5.75 Å². The number of nitrogens with two attached hydrogens (primary N) is 1. The highest BCUT2D eigenvalue weighted by atomic mass is 19.4. The number of ketones is 1. The molecular formula is C21H23F4NO2. The third-order valence-electron chi connectivity index (χ3n) is 4.48. The number of carbonyl (C=O) groups excluding carboxylic acids is 1. The van der Waals surface area contributed by atoms with E-state index in [0.29, 0.717) is 18.6 Å². The van der Waals surface area contributed by atoms with Crippen LogP contribution in [0.15, 0.2) is 48.5 Å². The molecule has 0 unspecified atom stereocenters. The fourth-order valence-corrected chi connectivity index (χ4v) is 2.70. The van der Waals surface area contributed by atoms with Gasteiger partial charge in [0.15, 0.2) is 5.78 Å². The molecule has 0 fully saturated rings. The predicted octanol–water partition coefficient (Wildman–Crippen LogP) is 5.11. The molecule has 28 heavy (non-hydrogen) atoms. The van der Waals surface area contributed by atoms with Gasteiger partial charge in [-0.3, -0.25) is 9.18 Å². The summed E-state index contributed by atoms with van der Waals surface area (Å²) in [5.41, 5.74) is 3.76. The molecule has 0 aromatic heterocycles. The van der Waals surface area contributed by atoms with Crippen LogP contribution < -0.4 is 10.5 Å². The van der Waals surface area contributed by atoms with Crippen LogP contribution in [0.4, 0.5) is 17.6 Å². The van der Waals surface area contributed by atoms with Crippen LogP contribution in [0.25, 0.3) is 0 Å². The lowest BCUT2D eigenvalue weighted by Crippen LogP contribution is -2.51. The average Bonchev–Trinajstić information content (AvgIpc) is 2.65. The summed E-state index contributed by atoms with van der Waals surface area (Å²) >= 11 is 0. The Labute approximate surface area is 161 Å². The van der Waals surface area contributed by atoms with Gasteiger partial charge in [0.2, 0.25) is 0 Å². The lowest BCUT2D eigenvalue weighted by Gasteiger charge is -2.32. The molecule has 152 valence electrons. The summed E-state index contributed by atoms with van der Waals surface area (Å²) in [5, 5.41) is 0. The van der Waals surface area contributed by atoms with Gasteiger partial charge in [-0.15, -0.1) is 0 Å². The second kappa shape index (κ2) is 9.19. The second-order valence-corrected chi connectivity index (χ2v) is 6.70. The number of benzene rings is 2. The molecule has 0 aliphatic heterocycles. The van der Waals surface area contributed by atoms with E-state index in [1.165, 1.54) is 36.4 Å². The molecule has 0 bridgehead atoms. The van der Waals surface area contributed by atoms with E-state index < -0.39 is 30.6 Å². The summed E-state index contributed by atoms with van der Waals surface area (Å²) in [7, 11) is 0. The molecular weight excluding hydrogens is 374 g/mol. The van der Waals surface area contributed by atoms with Crippen LogP contribution in [0, 0.1) is 6.92 Å². The average molecular weight is 397 g/mol. The maximum Gasteiger partial charge on any atom is 0.411 e. The highest BCUT2D eigenvalue weighted by Gasteiger charge is 2.54. The number of unbranched alkanes of at least 4 members (excludes halogenated alkanes) is 1. The maximum absolute atomic E-state index is 13.8. The van der Waals surface area contributed by atoms with Crippen molar-refractivity contribution in [3.05, 3.63) is 65.2 Å². The Morgan fingerprint density at radius 2 is 1.61 bits per heavy atom. The number of carbonyl (C=O) groups is 1. The Hall–Kier alpha value is -2.41. The van der Waals surface area contributed by atoms with Crippen molar-refractivity contribution in [1.29, 1.82) is 0 Å². The molecule has 0 radical (unpaired) electrons. The summed E-state index contributed by atoms with van der Waals surface area (Å²) in [5.74, 6) is -0.330. The monoisotopic (exact) mass is 397 g/mol. The van der Waals surface area contributed by atoms with Gasteiger partial charge < -0.3 is 10.5 Å². The van der Waals surface area contributed by atoms with Crippen LogP contribution in [-0.2, 0) is 5.54 Å². The van der Waals surface area contributed by atoms with Gasteiger partial charge in [0, 0.05) is 12.0 Å². The van der Waals surface area contributed by atoms with Gasteiger partial charge >= 0.3 is 6.18 Å². The van der Waals surface area contributed by atoms with E-state index in [4.69, 9.17) is 10.5 Å². The number of hydrogen-bond acceptors (Lipinski definition) is 3. The van der Waals surface area contributed by atoms with Crippen molar-refractivity contribution in [1.82, 2.24) is 0 Å². The zero-order chi connectivity index (χ0) is 20.8. The SMILES string of the molecule is Cc1ccc(C(=O)C[C@](N)(c2ccc(OCCCCF)cc2)C(F)(F)F)cc1. The fourth-order valence-electron chi connectivity index (χ4n) is 2.70. The largest absolute Gasteiger partial charge is 0.494 e. The molecule has 7 heteroatoms. The van der Waals surface area contributed by atoms with Gasteiger partial charge in [0.25, 0.3) is 0 Å². The molecule has 2 N–H and O–H groups in total. The van der Waals surface area contributed by atoms with E-state index >= 15 is 0 Å². The van der Waals surface area contributed by atoms with Crippen molar-refractivity contribution in [3.8, 4) is 5.75 Å². The first-order chi connectivity index (χ1) is 13.2. The lowest BCUT2D eigenvalue weighted by atomic mass is 9.83. The summed E-state index contributed by atoms with van der Waals surface area (Å²) in [4.78, 5) is 12.4. The van der Waals surface area contributed by atoms with Crippen molar-refractivity contribution in [2.75, 3.05) is 13.3 Å². The number of ether oxygens (including phenoxy) is 1. The van der Waals surface area contributed by atoms with E-state index in [9.17, 15) is 22.4 Å². The van der Waals surface area contributed by atoms with Gasteiger partial charge in [0.1, 0.15) is 11.3 Å². The Morgan fingerprint density at radius 1 is 1.00 bits per heavy atom. The molecule has 0 saturated carbocycles. The Balaban J connectivity index is 2.20. The van der Waals surface area contributed by atoms with Gasteiger partial charge in [0.05, 0.1) is 13.3 Å². The zero-order valence-corrected chi connectivity index (χ0v) is 15.6. The fraction of sp³-hybridized carbons (Fsp3) is 0.381. The second-order valence-electron chi connectivity index (χ2n) is 6.70. The van der Waals surface area contributed by atoms with Crippen molar-refractivity contribution in [3.63, 3.8) is 0 Å². The molecule has 0 spiro atoms. The number of hydrogen-bond donors (Lipinski definition) is 1. The third kappa shape index (κ3) is 5.32. The minimum absolute atomic E-state index is 0.178. The molecule has 0 amide bonds. The molecule has 3 nitrogen and oxygen atoms in total. The van der Waals surface area contributed by atoms with Crippen LogP contribution in [0.3, 0.4) is 0 Å². The smallest absolute Gasteiger partial charge is 0.411 e. The Kier molecular flexibility index (Phi) is 7.18. The number of Topliss-reactive ketones (excluding diaryl/α,β-unsaturated/α-hetero) is 1. The highest BCUT2D eigenvalue weighted by Crippen LogP contribution is 2.40. The van der Waals surface area contributed by atoms with Crippen LogP contribution in [0.1, 0.15) is 40.7 Å². The standard InChI is InChI=1S/C21H23F4NO2/c1-15-4-6-16(7-5-15)19(27)14-20(26,21(23,24)25)17-8-10-18(11-9-17)28-13-3-2-12-22/h4-11H,2-3,12-14,26H2,1H3/t20-/m0/s1. The quantitative estimate of drug-likeness (QED) is 0.363. The third-order valence-corrected chi connectivity index (χ3v) is 4.48. The summed E-state index contributed by atoms with van der Waals surface area (Å²) in [6.07, 6.45) is -4.86. The molecule has 0 aliphatic carbocycles. The van der Waals surface area contributed by atoms with Crippen LogP contribution >= 0.6 is 0 Å². The summed E-state index contributed by atoms with van der Waals surface area (Å²) in [6, 6.07) is 11.5. The molecule has 2 rings (SSSR count). The molecule has 2 aromatic rings.